The lowest BCUT2D eigenvalue weighted by atomic mass is 10.1. The van der Waals surface area contributed by atoms with E-state index in [1.807, 2.05) is 18.7 Å². The van der Waals surface area contributed by atoms with E-state index in [4.69, 9.17) is 10.9 Å². The van der Waals surface area contributed by atoms with Crippen molar-refractivity contribution in [1.29, 1.82) is 0 Å². The summed E-state index contributed by atoms with van der Waals surface area (Å²) in [6.07, 6.45) is 5.60. The predicted octanol–water partition coefficient (Wildman–Crippen LogP) is 2.29. The van der Waals surface area contributed by atoms with Gasteiger partial charge in [-0.2, -0.15) is 11.8 Å². The molecular weight excluding hydrogens is 196 g/mol. The molecule has 0 radical (unpaired) electrons. The lowest BCUT2D eigenvalue weighted by molar-refractivity contribution is 0.315. The van der Waals surface area contributed by atoms with Crippen LogP contribution in [0.1, 0.15) is 32.6 Å². The number of oxime groups is 1. The standard InChI is InChI=1S/C10H20N2OS/c1-8(10(11)12-13)6-14-7-9-4-2-3-5-9/h8-9,13H,2-7H2,1H3,(H2,11,12). The number of amidine groups is 1. The minimum atomic E-state index is 0.186. The van der Waals surface area contributed by atoms with Crippen LogP contribution in [-0.2, 0) is 0 Å². The van der Waals surface area contributed by atoms with Gasteiger partial charge in [-0.25, -0.2) is 0 Å². The molecule has 14 heavy (non-hydrogen) atoms. The van der Waals surface area contributed by atoms with E-state index in [0.29, 0.717) is 5.84 Å². The van der Waals surface area contributed by atoms with Crippen molar-refractivity contribution < 1.29 is 5.21 Å². The Kier molecular flexibility index (Phi) is 5.15. The van der Waals surface area contributed by atoms with Gasteiger partial charge in [0.05, 0.1) is 0 Å². The second-order valence-electron chi connectivity index (χ2n) is 4.11. The number of hydrogen-bond donors (Lipinski definition) is 2. The second-order valence-corrected chi connectivity index (χ2v) is 5.19. The summed E-state index contributed by atoms with van der Waals surface area (Å²) >= 11 is 1.93. The number of nitrogens with zero attached hydrogens (tertiary/aromatic N) is 1. The molecule has 0 bridgehead atoms. The Hall–Kier alpha value is -0.380. The molecule has 1 rings (SSSR count). The lowest BCUT2D eigenvalue weighted by Gasteiger charge is -2.11. The summed E-state index contributed by atoms with van der Waals surface area (Å²) in [5.41, 5.74) is 5.50. The second kappa shape index (κ2) is 6.17. The highest BCUT2D eigenvalue weighted by molar-refractivity contribution is 7.99. The Labute approximate surface area is 90.1 Å². The van der Waals surface area contributed by atoms with Crippen molar-refractivity contribution in [3.63, 3.8) is 0 Å². The third-order valence-corrected chi connectivity index (χ3v) is 4.26. The lowest BCUT2D eigenvalue weighted by Crippen LogP contribution is -2.23. The zero-order valence-electron chi connectivity index (χ0n) is 8.78. The average molecular weight is 216 g/mol. The maximum atomic E-state index is 8.47. The van der Waals surface area contributed by atoms with Crippen molar-refractivity contribution in [3.8, 4) is 0 Å². The molecule has 0 aliphatic heterocycles. The van der Waals surface area contributed by atoms with E-state index in [1.165, 1.54) is 31.4 Å². The Bertz CT molecular complexity index is 191. The minimum Gasteiger partial charge on any atom is -0.409 e. The number of hydrogen-bond acceptors (Lipinski definition) is 3. The average Bonchev–Trinajstić information content (AvgIpc) is 2.69. The monoisotopic (exact) mass is 216 g/mol. The molecule has 0 saturated heterocycles. The van der Waals surface area contributed by atoms with E-state index < -0.39 is 0 Å². The van der Waals surface area contributed by atoms with Gasteiger partial charge in [0.25, 0.3) is 0 Å². The molecule has 1 saturated carbocycles. The van der Waals surface area contributed by atoms with Crippen LogP contribution < -0.4 is 5.73 Å². The maximum absolute atomic E-state index is 8.47. The van der Waals surface area contributed by atoms with Crippen molar-refractivity contribution >= 4 is 17.6 Å². The largest absolute Gasteiger partial charge is 0.409 e. The number of nitrogens with two attached hydrogens (primary N) is 1. The third-order valence-electron chi connectivity index (χ3n) is 2.82. The van der Waals surface area contributed by atoms with Gasteiger partial charge in [0.15, 0.2) is 0 Å². The molecule has 0 aromatic carbocycles. The Balaban J connectivity index is 2.08. The van der Waals surface area contributed by atoms with Gasteiger partial charge in [-0.05, 0) is 24.5 Å². The summed E-state index contributed by atoms with van der Waals surface area (Å²) < 4.78 is 0. The fourth-order valence-corrected chi connectivity index (χ4v) is 3.10. The highest BCUT2D eigenvalue weighted by atomic mass is 32.2. The van der Waals surface area contributed by atoms with Gasteiger partial charge in [-0.15, -0.1) is 0 Å². The molecular formula is C10H20N2OS. The summed E-state index contributed by atoms with van der Waals surface area (Å²) in [6.45, 7) is 2.00. The zero-order valence-corrected chi connectivity index (χ0v) is 9.59. The predicted molar refractivity (Wildman–Crippen MR) is 61.9 cm³/mol. The van der Waals surface area contributed by atoms with Crippen LogP contribution in [0.5, 0.6) is 0 Å². The van der Waals surface area contributed by atoms with E-state index in [9.17, 15) is 0 Å². The first-order valence-corrected chi connectivity index (χ1v) is 6.44. The fraction of sp³-hybridized carbons (Fsp3) is 0.900. The van der Waals surface area contributed by atoms with Crippen LogP contribution in [0.25, 0.3) is 0 Å². The van der Waals surface area contributed by atoms with E-state index >= 15 is 0 Å². The first-order chi connectivity index (χ1) is 6.74. The topological polar surface area (TPSA) is 58.6 Å². The summed E-state index contributed by atoms with van der Waals surface area (Å²) in [5.74, 6) is 3.66. The first-order valence-electron chi connectivity index (χ1n) is 5.29. The van der Waals surface area contributed by atoms with Gasteiger partial charge >= 0.3 is 0 Å². The number of thioether (sulfide) groups is 1. The number of rotatable bonds is 5. The summed E-state index contributed by atoms with van der Waals surface area (Å²) in [4.78, 5) is 0. The van der Waals surface area contributed by atoms with Crippen LogP contribution in [-0.4, -0.2) is 22.5 Å². The molecule has 0 aromatic rings. The third kappa shape index (κ3) is 3.78. The van der Waals surface area contributed by atoms with Crippen LogP contribution in [0, 0.1) is 11.8 Å². The zero-order chi connectivity index (χ0) is 10.4. The SMILES string of the molecule is CC(CSCC1CCCC1)C(N)=NO. The molecule has 82 valence electrons. The highest BCUT2D eigenvalue weighted by Crippen LogP contribution is 2.28. The fourth-order valence-electron chi connectivity index (χ4n) is 1.77. The molecule has 1 atom stereocenters. The van der Waals surface area contributed by atoms with Crippen LogP contribution in [0.2, 0.25) is 0 Å². The summed E-state index contributed by atoms with van der Waals surface area (Å²) in [6, 6.07) is 0. The van der Waals surface area contributed by atoms with Crippen LogP contribution in [0.4, 0.5) is 0 Å². The quantitative estimate of drug-likeness (QED) is 0.321. The van der Waals surface area contributed by atoms with Crippen LogP contribution in [0.3, 0.4) is 0 Å². The van der Waals surface area contributed by atoms with Crippen LogP contribution in [0.15, 0.2) is 5.16 Å². The van der Waals surface area contributed by atoms with Crippen LogP contribution >= 0.6 is 11.8 Å². The molecule has 3 nitrogen and oxygen atoms in total. The van der Waals surface area contributed by atoms with Gasteiger partial charge in [0.2, 0.25) is 0 Å². The summed E-state index contributed by atoms with van der Waals surface area (Å²) in [5, 5.41) is 11.5. The van der Waals surface area contributed by atoms with Crippen molar-refractivity contribution in [2.24, 2.45) is 22.7 Å². The highest BCUT2D eigenvalue weighted by Gasteiger charge is 2.15. The van der Waals surface area contributed by atoms with Gasteiger partial charge < -0.3 is 10.9 Å². The Morgan fingerprint density at radius 1 is 1.57 bits per heavy atom. The molecule has 1 aliphatic carbocycles. The smallest absolute Gasteiger partial charge is 0.142 e. The molecule has 0 aromatic heterocycles. The van der Waals surface area contributed by atoms with E-state index in [-0.39, 0.29) is 5.92 Å². The van der Waals surface area contributed by atoms with Gasteiger partial charge in [0, 0.05) is 11.7 Å². The maximum Gasteiger partial charge on any atom is 0.142 e. The molecule has 3 N–H and O–H groups in total. The molecule has 0 heterocycles. The minimum absolute atomic E-state index is 0.186. The van der Waals surface area contributed by atoms with Gasteiger partial charge in [-0.3, -0.25) is 0 Å². The van der Waals surface area contributed by atoms with Gasteiger partial charge in [0.1, 0.15) is 5.84 Å². The van der Waals surface area contributed by atoms with Crippen molar-refractivity contribution in [2.45, 2.75) is 32.6 Å². The molecule has 4 heteroatoms. The molecule has 1 aliphatic rings. The Morgan fingerprint density at radius 2 is 2.21 bits per heavy atom. The van der Waals surface area contributed by atoms with E-state index in [0.717, 1.165) is 11.7 Å². The molecule has 1 fully saturated rings. The van der Waals surface area contributed by atoms with Crippen molar-refractivity contribution in [1.82, 2.24) is 0 Å². The first kappa shape index (κ1) is 11.7. The van der Waals surface area contributed by atoms with E-state index in [2.05, 4.69) is 5.16 Å². The van der Waals surface area contributed by atoms with Gasteiger partial charge in [-0.1, -0.05) is 24.9 Å². The molecule has 0 amide bonds. The molecule has 1 unspecified atom stereocenters. The summed E-state index contributed by atoms with van der Waals surface area (Å²) in [7, 11) is 0. The van der Waals surface area contributed by atoms with E-state index in [1.54, 1.807) is 0 Å². The molecule has 0 spiro atoms. The Morgan fingerprint density at radius 3 is 2.79 bits per heavy atom. The normalized spacial score (nSPS) is 21.4. The van der Waals surface area contributed by atoms with Crippen molar-refractivity contribution in [2.75, 3.05) is 11.5 Å². The van der Waals surface area contributed by atoms with Crippen molar-refractivity contribution in [3.05, 3.63) is 0 Å².